The van der Waals surface area contributed by atoms with Gasteiger partial charge in [0, 0.05) is 38.5 Å². The van der Waals surface area contributed by atoms with Crippen LogP contribution < -0.4 is 0 Å². The minimum absolute atomic E-state index is 0.128. The molecule has 138 valence electrons. The van der Waals surface area contributed by atoms with E-state index in [4.69, 9.17) is 4.52 Å². The van der Waals surface area contributed by atoms with Crippen LogP contribution in [-0.4, -0.2) is 58.6 Å². The maximum absolute atomic E-state index is 13.8. The normalized spacial score (nSPS) is 23.2. The second kappa shape index (κ2) is 7.15. The Bertz CT molecular complexity index is 793. The average Bonchev–Trinajstić information content (AvgIpc) is 2.92. The predicted octanol–water partition coefficient (Wildman–Crippen LogP) is 2.36. The van der Waals surface area contributed by atoms with Gasteiger partial charge < -0.3 is 14.3 Å². The number of benzene rings is 1. The Morgan fingerprint density at radius 3 is 2.92 bits per heavy atom. The van der Waals surface area contributed by atoms with Crippen LogP contribution in [0, 0.1) is 11.7 Å². The molecule has 0 spiro atoms. The zero-order valence-corrected chi connectivity index (χ0v) is 14.9. The molecule has 2 aromatic rings. The van der Waals surface area contributed by atoms with Gasteiger partial charge in [-0.2, -0.15) is 4.98 Å². The van der Waals surface area contributed by atoms with Gasteiger partial charge in [0.15, 0.2) is 0 Å². The third-order valence-electron chi connectivity index (χ3n) is 5.48. The minimum Gasteiger partial charge on any atom is -0.341 e. The summed E-state index contributed by atoms with van der Waals surface area (Å²) in [6.45, 7) is 2.71. The Labute approximate surface area is 152 Å². The number of likely N-dealkylation sites (N-methyl/N-ethyl adjacent to an activating group) is 1. The highest BCUT2D eigenvalue weighted by molar-refractivity contribution is 5.76. The van der Waals surface area contributed by atoms with E-state index < -0.39 is 0 Å². The summed E-state index contributed by atoms with van der Waals surface area (Å²) in [6.07, 6.45) is 3.08. The molecule has 3 saturated heterocycles. The Morgan fingerprint density at radius 1 is 1.27 bits per heavy atom. The zero-order chi connectivity index (χ0) is 18.1. The Balaban J connectivity index is 1.37. The number of aryl methyl sites for hydroxylation is 1. The highest BCUT2D eigenvalue weighted by atomic mass is 19.1. The van der Waals surface area contributed by atoms with Crippen molar-refractivity contribution in [1.29, 1.82) is 0 Å². The lowest BCUT2D eigenvalue weighted by atomic mass is 9.96. The van der Waals surface area contributed by atoms with Crippen molar-refractivity contribution in [2.24, 2.45) is 5.92 Å². The first-order chi connectivity index (χ1) is 12.6. The number of carbonyl (C=O) groups excluding carboxylic acids is 1. The number of aromatic nitrogens is 2. The van der Waals surface area contributed by atoms with Crippen molar-refractivity contribution in [3.05, 3.63) is 36.0 Å². The molecule has 4 heterocycles. The molecule has 0 unspecified atom stereocenters. The SMILES string of the molecule is CN1C[C@H]2CC[C@@H]1CN(C(=O)CCc1nc(-c3ccccc3F)no1)C2. The monoisotopic (exact) mass is 358 g/mol. The summed E-state index contributed by atoms with van der Waals surface area (Å²) in [6, 6.07) is 6.78. The molecule has 5 rings (SSSR count). The largest absolute Gasteiger partial charge is 0.341 e. The van der Waals surface area contributed by atoms with E-state index in [1.807, 2.05) is 4.90 Å². The number of rotatable bonds is 4. The molecule has 3 aliphatic rings. The van der Waals surface area contributed by atoms with Crippen LogP contribution in [0.3, 0.4) is 0 Å². The average molecular weight is 358 g/mol. The molecule has 3 aliphatic heterocycles. The summed E-state index contributed by atoms with van der Waals surface area (Å²) in [5.41, 5.74) is 0.306. The lowest BCUT2D eigenvalue weighted by Crippen LogP contribution is -2.41. The molecular formula is C19H23FN4O2. The molecule has 1 amide bonds. The molecule has 1 aromatic heterocycles. The van der Waals surface area contributed by atoms with Gasteiger partial charge in [0.05, 0.1) is 5.56 Å². The van der Waals surface area contributed by atoms with Gasteiger partial charge in [-0.3, -0.25) is 4.79 Å². The lowest BCUT2D eigenvalue weighted by Gasteiger charge is -2.32. The fraction of sp³-hybridized carbons (Fsp3) is 0.526. The van der Waals surface area contributed by atoms with Crippen LogP contribution in [0.4, 0.5) is 4.39 Å². The van der Waals surface area contributed by atoms with E-state index in [-0.39, 0.29) is 17.5 Å². The highest BCUT2D eigenvalue weighted by Crippen LogP contribution is 2.27. The van der Waals surface area contributed by atoms with Crippen LogP contribution in [-0.2, 0) is 11.2 Å². The molecule has 7 heteroatoms. The first-order valence-electron chi connectivity index (χ1n) is 9.15. The fourth-order valence-electron chi connectivity index (χ4n) is 4.00. The van der Waals surface area contributed by atoms with Crippen LogP contribution in [0.5, 0.6) is 0 Å². The van der Waals surface area contributed by atoms with Gasteiger partial charge in [0.2, 0.25) is 17.6 Å². The van der Waals surface area contributed by atoms with E-state index in [0.29, 0.717) is 36.3 Å². The molecule has 3 fully saturated rings. The Kier molecular flexibility index (Phi) is 4.72. The van der Waals surface area contributed by atoms with Crippen LogP contribution in [0.25, 0.3) is 11.4 Å². The number of piperidine rings is 1. The number of hydrogen-bond donors (Lipinski definition) is 0. The van der Waals surface area contributed by atoms with Crippen LogP contribution >= 0.6 is 0 Å². The van der Waals surface area contributed by atoms with Crippen molar-refractivity contribution >= 4 is 5.91 Å². The number of nitrogens with zero attached hydrogens (tertiary/aromatic N) is 4. The van der Waals surface area contributed by atoms with Crippen molar-refractivity contribution < 1.29 is 13.7 Å². The van der Waals surface area contributed by atoms with Gasteiger partial charge in [0.1, 0.15) is 5.82 Å². The van der Waals surface area contributed by atoms with E-state index in [1.165, 1.54) is 18.9 Å². The van der Waals surface area contributed by atoms with E-state index >= 15 is 0 Å². The summed E-state index contributed by atoms with van der Waals surface area (Å²) in [5, 5.41) is 3.84. The van der Waals surface area contributed by atoms with Gasteiger partial charge in [-0.15, -0.1) is 0 Å². The number of carbonyl (C=O) groups is 1. The van der Waals surface area contributed by atoms with Crippen LogP contribution in [0.1, 0.15) is 25.2 Å². The predicted molar refractivity (Wildman–Crippen MR) is 93.7 cm³/mol. The second-order valence-electron chi connectivity index (χ2n) is 7.33. The fourth-order valence-corrected chi connectivity index (χ4v) is 4.00. The molecule has 2 atom stereocenters. The zero-order valence-electron chi connectivity index (χ0n) is 14.9. The Morgan fingerprint density at radius 2 is 2.12 bits per heavy atom. The molecular weight excluding hydrogens is 335 g/mol. The van der Waals surface area contributed by atoms with E-state index in [9.17, 15) is 9.18 Å². The van der Waals surface area contributed by atoms with Crippen molar-refractivity contribution in [3.63, 3.8) is 0 Å². The van der Waals surface area contributed by atoms with Crippen molar-refractivity contribution in [2.75, 3.05) is 26.7 Å². The van der Waals surface area contributed by atoms with Gasteiger partial charge in [-0.1, -0.05) is 17.3 Å². The number of fused-ring (bicyclic) bond motifs is 4. The topological polar surface area (TPSA) is 62.5 Å². The number of halogens is 1. The van der Waals surface area contributed by atoms with Crippen molar-refractivity contribution in [3.8, 4) is 11.4 Å². The third-order valence-corrected chi connectivity index (χ3v) is 5.48. The summed E-state index contributed by atoms with van der Waals surface area (Å²) >= 11 is 0. The summed E-state index contributed by atoms with van der Waals surface area (Å²) < 4.78 is 19.0. The smallest absolute Gasteiger partial charge is 0.227 e. The van der Waals surface area contributed by atoms with Crippen molar-refractivity contribution in [2.45, 2.75) is 31.7 Å². The van der Waals surface area contributed by atoms with Gasteiger partial charge in [-0.25, -0.2) is 4.39 Å². The van der Waals surface area contributed by atoms with Gasteiger partial charge >= 0.3 is 0 Å². The molecule has 0 aliphatic carbocycles. The van der Waals surface area contributed by atoms with Crippen molar-refractivity contribution in [1.82, 2.24) is 19.9 Å². The van der Waals surface area contributed by atoms with Gasteiger partial charge in [-0.05, 0) is 37.9 Å². The first-order valence-corrected chi connectivity index (χ1v) is 9.15. The molecule has 1 aromatic carbocycles. The van der Waals surface area contributed by atoms with Crippen LogP contribution in [0.15, 0.2) is 28.8 Å². The molecule has 2 bridgehead atoms. The maximum Gasteiger partial charge on any atom is 0.227 e. The van der Waals surface area contributed by atoms with Gasteiger partial charge in [0.25, 0.3) is 0 Å². The third kappa shape index (κ3) is 3.49. The summed E-state index contributed by atoms with van der Waals surface area (Å²) in [7, 11) is 2.15. The molecule has 0 N–H and O–H groups in total. The lowest BCUT2D eigenvalue weighted by molar-refractivity contribution is -0.131. The standard InChI is InChI=1S/C19H23FN4O2/c1-23-10-13-6-7-14(23)12-24(11-13)18(25)9-8-17-21-19(22-26-17)15-4-2-3-5-16(15)20/h2-5,13-14H,6-12H2,1H3/t13-,14-/m1/s1. The number of amides is 1. The second-order valence-corrected chi connectivity index (χ2v) is 7.33. The highest BCUT2D eigenvalue weighted by Gasteiger charge is 2.34. The van der Waals surface area contributed by atoms with E-state index in [0.717, 1.165) is 19.6 Å². The summed E-state index contributed by atoms with van der Waals surface area (Å²) in [5.74, 6) is 0.896. The quantitative estimate of drug-likeness (QED) is 0.840. The van der Waals surface area contributed by atoms with E-state index in [1.54, 1.807) is 18.2 Å². The van der Waals surface area contributed by atoms with E-state index in [2.05, 4.69) is 22.1 Å². The van der Waals surface area contributed by atoms with Crippen LogP contribution in [0.2, 0.25) is 0 Å². The Hall–Kier alpha value is -2.28. The maximum atomic E-state index is 13.8. The molecule has 0 radical (unpaired) electrons. The molecule has 6 nitrogen and oxygen atoms in total. The first kappa shape index (κ1) is 17.1. The number of hydrogen-bond acceptors (Lipinski definition) is 5. The molecule has 0 saturated carbocycles. The minimum atomic E-state index is -0.389. The summed E-state index contributed by atoms with van der Waals surface area (Å²) in [4.78, 5) is 21.2. The molecule has 26 heavy (non-hydrogen) atoms.